The first-order valence-electron chi connectivity index (χ1n) is 8.18. The Kier molecular flexibility index (Phi) is 5.08. The lowest BCUT2D eigenvalue weighted by Crippen LogP contribution is -2.34. The predicted octanol–water partition coefficient (Wildman–Crippen LogP) is 2.93. The Morgan fingerprint density at radius 3 is 3.00 bits per heavy atom. The molecule has 1 aliphatic rings. The van der Waals surface area contributed by atoms with E-state index >= 15 is 0 Å². The Balaban J connectivity index is 1.75. The summed E-state index contributed by atoms with van der Waals surface area (Å²) in [6, 6.07) is 7.87. The second-order valence-electron chi connectivity index (χ2n) is 6.00. The number of methoxy groups -OCH3 is 1. The third-order valence-corrected chi connectivity index (χ3v) is 4.27. The van der Waals surface area contributed by atoms with Crippen molar-refractivity contribution in [3.05, 3.63) is 36.0 Å². The minimum Gasteiger partial charge on any atom is -0.508 e. The molecule has 1 fully saturated rings. The number of aromatic nitrogens is 2. The highest BCUT2D eigenvalue weighted by Crippen LogP contribution is 2.25. The van der Waals surface area contributed by atoms with Crippen LogP contribution in [0, 0.1) is 0 Å². The second kappa shape index (κ2) is 7.42. The van der Waals surface area contributed by atoms with Gasteiger partial charge in [0.05, 0.1) is 7.11 Å². The molecular weight excluding hydrogens is 290 g/mol. The third-order valence-electron chi connectivity index (χ3n) is 4.27. The average Bonchev–Trinajstić information content (AvgIpc) is 2.60. The van der Waals surface area contributed by atoms with E-state index in [2.05, 4.69) is 21.4 Å². The average molecular weight is 313 g/mol. The van der Waals surface area contributed by atoms with E-state index in [4.69, 9.17) is 4.74 Å². The molecule has 0 spiro atoms. The molecule has 0 amide bonds. The lowest BCUT2D eigenvalue weighted by atomic mass is 9.97. The fourth-order valence-corrected chi connectivity index (χ4v) is 3.05. The molecule has 1 atom stereocenters. The first kappa shape index (κ1) is 15.7. The SMILES string of the molecule is COc1ccnc(-c2cc(O)cc(CC[C@H]3CCCCN3)c2)n1. The fourth-order valence-electron chi connectivity index (χ4n) is 3.05. The van der Waals surface area contributed by atoms with Gasteiger partial charge in [0.1, 0.15) is 5.75 Å². The number of phenolic OH excluding ortho intramolecular Hbond substituents is 1. The molecule has 2 aromatic rings. The summed E-state index contributed by atoms with van der Waals surface area (Å²) in [7, 11) is 1.58. The normalized spacial score (nSPS) is 17.9. The fraction of sp³-hybridized carbons (Fsp3) is 0.444. The molecule has 2 heterocycles. The van der Waals surface area contributed by atoms with E-state index in [1.54, 1.807) is 25.4 Å². The molecule has 1 aliphatic heterocycles. The number of hydrogen-bond acceptors (Lipinski definition) is 5. The van der Waals surface area contributed by atoms with Crippen LogP contribution >= 0.6 is 0 Å². The maximum absolute atomic E-state index is 10.0. The monoisotopic (exact) mass is 313 g/mol. The molecule has 0 bridgehead atoms. The van der Waals surface area contributed by atoms with Gasteiger partial charge in [-0.25, -0.2) is 4.98 Å². The summed E-state index contributed by atoms with van der Waals surface area (Å²) in [4.78, 5) is 8.61. The van der Waals surface area contributed by atoms with Gasteiger partial charge in [-0.15, -0.1) is 0 Å². The van der Waals surface area contributed by atoms with E-state index in [0.29, 0.717) is 17.7 Å². The number of hydrogen-bond donors (Lipinski definition) is 2. The summed E-state index contributed by atoms with van der Waals surface area (Å²) in [5, 5.41) is 13.6. The van der Waals surface area contributed by atoms with Gasteiger partial charge in [0, 0.05) is 23.9 Å². The topological polar surface area (TPSA) is 67.3 Å². The lowest BCUT2D eigenvalue weighted by molar-refractivity contribution is 0.382. The standard InChI is InChI=1S/C18H23N3O2/c1-23-17-7-9-20-18(21-17)14-10-13(11-16(22)12-14)5-6-15-4-2-3-8-19-15/h7,9-12,15,19,22H,2-6,8H2,1H3/t15-/m1/s1. The zero-order chi connectivity index (χ0) is 16.1. The molecule has 0 unspecified atom stereocenters. The van der Waals surface area contributed by atoms with Gasteiger partial charge in [-0.2, -0.15) is 4.98 Å². The maximum Gasteiger partial charge on any atom is 0.216 e. The van der Waals surface area contributed by atoms with Gasteiger partial charge in [-0.05, 0) is 56.0 Å². The van der Waals surface area contributed by atoms with Gasteiger partial charge in [0.25, 0.3) is 0 Å². The molecule has 5 nitrogen and oxygen atoms in total. The van der Waals surface area contributed by atoms with Crippen molar-refractivity contribution in [1.29, 1.82) is 0 Å². The van der Waals surface area contributed by atoms with Gasteiger partial charge in [0.2, 0.25) is 5.88 Å². The van der Waals surface area contributed by atoms with Crippen LogP contribution in [0.2, 0.25) is 0 Å². The first-order chi connectivity index (χ1) is 11.2. The minimum absolute atomic E-state index is 0.250. The number of phenols is 1. The summed E-state index contributed by atoms with van der Waals surface area (Å²) in [5.41, 5.74) is 1.93. The van der Waals surface area contributed by atoms with Gasteiger partial charge >= 0.3 is 0 Å². The minimum atomic E-state index is 0.250. The maximum atomic E-state index is 10.0. The molecule has 5 heteroatoms. The Bertz CT molecular complexity index is 654. The Labute approximate surface area is 136 Å². The predicted molar refractivity (Wildman–Crippen MR) is 89.6 cm³/mol. The van der Waals surface area contributed by atoms with Gasteiger partial charge in [0.15, 0.2) is 5.82 Å². The Morgan fingerprint density at radius 1 is 1.30 bits per heavy atom. The molecule has 0 radical (unpaired) electrons. The number of nitrogens with one attached hydrogen (secondary N) is 1. The van der Waals surface area contributed by atoms with Crippen molar-refractivity contribution in [2.45, 2.75) is 38.1 Å². The van der Waals surface area contributed by atoms with Crippen molar-refractivity contribution >= 4 is 0 Å². The van der Waals surface area contributed by atoms with E-state index in [-0.39, 0.29) is 5.75 Å². The van der Waals surface area contributed by atoms with Crippen LogP contribution < -0.4 is 10.1 Å². The van der Waals surface area contributed by atoms with Crippen LogP contribution in [0.4, 0.5) is 0 Å². The number of rotatable bonds is 5. The highest BCUT2D eigenvalue weighted by atomic mass is 16.5. The number of piperidine rings is 1. The van der Waals surface area contributed by atoms with E-state index in [1.807, 2.05) is 6.07 Å². The number of aromatic hydroxyl groups is 1. The molecule has 3 rings (SSSR count). The first-order valence-corrected chi connectivity index (χ1v) is 8.18. The van der Waals surface area contributed by atoms with Crippen LogP contribution in [0.1, 0.15) is 31.2 Å². The Morgan fingerprint density at radius 2 is 2.22 bits per heavy atom. The second-order valence-corrected chi connectivity index (χ2v) is 6.00. The molecule has 0 saturated carbocycles. The molecule has 0 aliphatic carbocycles. The van der Waals surface area contributed by atoms with Crippen molar-refractivity contribution in [2.75, 3.05) is 13.7 Å². The van der Waals surface area contributed by atoms with Crippen molar-refractivity contribution in [3.63, 3.8) is 0 Å². The van der Waals surface area contributed by atoms with Crippen molar-refractivity contribution in [3.8, 4) is 23.0 Å². The van der Waals surface area contributed by atoms with E-state index in [0.717, 1.165) is 30.5 Å². The van der Waals surface area contributed by atoms with Gasteiger partial charge in [-0.3, -0.25) is 0 Å². The molecule has 122 valence electrons. The van der Waals surface area contributed by atoms with Crippen LogP contribution in [-0.2, 0) is 6.42 Å². The number of nitrogens with zero attached hydrogens (tertiary/aromatic N) is 2. The largest absolute Gasteiger partial charge is 0.508 e. The number of ether oxygens (including phenoxy) is 1. The molecule has 2 N–H and O–H groups in total. The zero-order valence-electron chi connectivity index (χ0n) is 13.5. The lowest BCUT2D eigenvalue weighted by Gasteiger charge is -2.23. The molecule has 1 aromatic carbocycles. The third kappa shape index (κ3) is 4.20. The summed E-state index contributed by atoms with van der Waals surface area (Å²) >= 11 is 0. The quantitative estimate of drug-likeness (QED) is 0.888. The smallest absolute Gasteiger partial charge is 0.216 e. The summed E-state index contributed by atoms with van der Waals surface area (Å²) in [6.45, 7) is 1.12. The van der Waals surface area contributed by atoms with Crippen LogP contribution in [0.25, 0.3) is 11.4 Å². The van der Waals surface area contributed by atoms with E-state index in [1.165, 1.54) is 19.3 Å². The van der Waals surface area contributed by atoms with Crippen molar-refractivity contribution in [1.82, 2.24) is 15.3 Å². The number of aryl methyl sites for hydroxylation is 1. The van der Waals surface area contributed by atoms with Crippen LogP contribution in [0.3, 0.4) is 0 Å². The number of benzene rings is 1. The van der Waals surface area contributed by atoms with Crippen molar-refractivity contribution < 1.29 is 9.84 Å². The summed E-state index contributed by atoms with van der Waals surface area (Å²) < 4.78 is 5.14. The highest BCUT2D eigenvalue weighted by Gasteiger charge is 2.13. The summed E-state index contributed by atoms with van der Waals surface area (Å²) in [6.07, 6.45) is 7.51. The van der Waals surface area contributed by atoms with Crippen LogP contribution in [0.5, 0.6) is 11.6 Å². The van der Waals surface area contributed by atoms with Crippen LogP contribution in [-0.4, -0.2) is 34.8 Å². The van der Waals surface area contributed by atoms with E-state index in [9.17, 15) is 5.11 Å². The molecule has 23 heavy (non-hydrogen) atoms. The zero-order valence-corrected chi connectivity index (χ0v) is 13.5. The van der Waals surface area contributed by atoms with E-state index < -0.39 is 0 Å². The highest BCUT2D eigenvalue weighted by molar-refractivity contribution is 5.59. The van der Waals surface area contributed by atoms with Gasteiger partial charge in [-0.1, -0.05) is 6.42 Å². The molecule has 1 aromatic heterocycles. The van der Waals surface area contributed by atoms with Crippen LogP contribution in [0.15, 0.2) is 30.5 Å². The summed E-state index contributed by atoms with van der Waals surface area (Å²) in [5.74, 6) is 1.34. The molecule has 1 saturated heterocycles. The Hall–Kier alpha value is -2.14. The molecular formula is C18H23N3O2. The van der Waals surface area contributed by atoms with Gasteiger partial charge < -0.3 is 15.2 Å². The van der Waals surface area contributed by atoms with Crippen molar-refractivity contribution in [2.24, 2.45) is 0 Å².